The Labute approximate surface area is 104 Å². The molecule has 1 atom stereocenters. The van der Waals surface area contributed by atoms with Crippen molar-refractivity contribution in [3.8, 4) is 10.6 Å². The Balaban J connectivity index is 2.11. The van der Waals surface area contributed by atoms with E-state index < -0.39 is 0 Å². The topological polar surface area (TPSA) is 64.9 Å². The average molecular weight is 249 g/mol. The average Bonchev–Trinajstić information content (AvgIpc) is 2.84. The summed E-state index contributed by atoms with van der Waals surface area (Å²) in [4.78, 5) is 6.02. The Morgan fingerprint density at radius 3 is 2.88 bits per heavy atom. The van der Waals surface area contributed by atoms with Crippen molar-refractivity contribution in [1.29, 1.82) is 0 Å². The highest BCUT2D eigenvalue weighted by Crippen LogP contribution is 2.38. The SMILES string of the molecule is Cc1noc(C)c1-c1nc2c(s1)CCCC2N. The van der Waals surface area contributed by atoms with Gasteiger partial charge in [-0.2, -0.15) is 0 Å². The maximum atomic E-state index is 6.09. The normalized spacial score (nSPS) is 19.4. The third-order valence-corrected chi connectivity index (χ3v) is 4.39. The van der Waals surface area contributed by atoms with Crippen LogP contribution in [0.5, 0.6) is 0 Å². The molecule has 2 aromatic heterocycles. The zero-order valence-corrected chi connectivity index (χ0v) is 10.8. The van der Waals surface area contributed by atoms with E-state index in [1.165, 1.54) is 4.88 Å². The van der Waals surface area contributed by atoms with Crippen molar-refractivity contribution in [2.24, 2.45) is 5.73 Å². The summed E-state index contributed by atoms with van der Waals surface area (Å²) >= 11 is 1.73. The molecule has 0 bridgehead atoms. The fraction of sp³-hybridized carbons (Fsp3) is 0.500. The molecule has 3 rings (SSSR count). The van der Waals surface area contributed by atoms with Gasteiger partial charge in [0.1, 0.15) is 10.8 Å². The van der Waals surface area contributed by atoms with E-state index in [1.54, 1.807) is 11.3 Å². The Morgan fingerprint density at radius 2 is 2.24 bits per heavy atom. The number of thiazole rings is 1. The standard InChI is InChI=1S/C12H15N3OS/c1-6-10(7(2)16-15-6)12-14-11-8(13)4-3-5-9(11)17-12/h8H,3-5,13H2,1-2H3. The zero-order valence-electron chi connectivity index (χ0n) is 9.99. The smallest absolute Gasteiger partial charge is 0.144 e. The molecule has 90 valence electrons. The molecule has 2 N–H and O–H groups in total. The van der Waals surface area contributed by atoms with Gasteiger partial charge in [0.05, 0.1) is 17.0 Å². The maximum absolute atomic E-state index is 6.09. The second-order valence-corrected chi connectivity index (χ2v) is 5.61. The second kappa shape index (κ2) is 3.92. The molecule has 1 unspecified atom stereocenters. The number of nitrogens with zero attached hydrogens (tertiary/aromatic N) is 2. The van der Waals surface area contributed by atoms with Crippen molar-refractivity contribution in [1.82, 2.24) is 10.1 Å². The van der Waals surface area contributed by atoms with Gasteiger partial charge in [-0.25, -0.2) is 4.98 Å². The Morgan fingerprint density at radius 1 is 1.41 bits per heavy atom. The molecule has 0 saturated carbocycles. The molecule has 17 heavy (non-hydrogen) atoms. The largest absolute Gasteiger partial charge is 0.361 e. The van der Waals surface area contributed by atoms with Crippen LogP contribution in [0.1, 0.15) is 40.9 Å². The fourth-order valence-corrected chi connectivity index (χ4v) is 3.67. The van der Waals surface area contributed by atoms with Gasteiger partial charge in [0.2, 0.25) is 0 Å². The van der Waals surface area contributed by atoms with Crippen LogP contribution in [0.3, 0.4) is 0 Å². The van der Waals surface area contributed by atoms with Crippen molar-refractivity contribution >= 4 is 11.3 Å². The third kappa shape index (κ3) is 1.70. The van der Waals surface area contributed by atoms with E-state index in [4.69, 9.17) is 10.3 Å². The number of fused-ring (bicyclic) bond motifs is 1. The van der Waals surface area contributed by atoms with Gasteiger partial charge < -0.3 is 10.3 Å². The van der Waals surface area contributed by atoms with Gasteiger partial charge >= 0.3 is 0 Å². The second-order valence-electron chi connectivity index (χ2n) is 4.53. The van der Waals surface area contributed by atoms with Gasteiger partial charge in [-0.1, -0.05) is 5.16 Å². The van der Waals surface area contributed by atoms with Gasteiger partial charge in [0.25, 0.3) is 0 Å². The molecule has 0 saturated heterocycles. The molecule has 0 aliphatic heterocycles. The van der Waals surface area contributed by atoms with Crippen LogP contribution < -0.4 is 5.73 Å². The van der Waals surface area contributed by atoms with E-state index in [2.05, 4.69) is 10.1 Å². The lowest BCUT2D eigenvalue weighted by Gasteiger charge is -2.15. The maximum Gasteiger partial charge on any atom is 0.144 e. The molecule has 0 radical (unpaired) electrons. The van der Waals surface area contributed by atoms with Gasteiger partial charge in [-0.05, 0) is 33.1 Å². The molecule has 1 aliphatic carbocycles. The Hall–Kier alpha value is -1.20. The molecular formula is C12H15N3OS. The molecule has 2 heterocycles. The van der Waals surface area contributed by atoms with Crippen LogP contribution in [-0.4, -0.2) is 10.1 Å². The van der Waals surface area contributed by atoms with Crippen LogP contribution >= 0.6 is 11.3 Å². The molecule has 0 fully saturated rings. The lowest BCUT2D eigenvalue weighted by molar-refractivity contribution is 0.393. The fourth-order valence-electron chi connectivity index (χ4n) is 2.35. The quantitative estimate of drug-likeness (QED) is 0.844. The molecule has 5 heteroatoms. The summed E-state index contributed by atoms with van der Waals surface area (Å²) in [6.45, 7) is 3.88. The summed E-state index contributed by atoms with van der Waals surface area (Å²) in [5.74, 6) is 0.835. The van der Waals surface area contributed by atoms with Gasteiger partial charge in [0, 0.05) is 10.9 Å². The van der Waals surface area contributed by atoms with E-state index in [9.17, 15) is 0 Å². The van der Waals surface area contributed by atoms with Crippen LogP contribution in [0.4, 0.5) is 0 Å². The Kier molecular flexibility index (Phi) is 2.52. The molecule has 0 amide bonds. The van der Waals surface area contributed by atoms with Crippen LogP contribution in [0.25, 0.3) is 10.6 Å². The first-order valence-corrected chi connectivity index (χ1v) is 6.67. The summed E-state index contributed by atoms with van der Waals surface area (Å²) in [5.41, 5.74) is 9.12. The predicted octanol–water partition coefficient (Wildman–Crippen LogP) is 2.75. The first-order valence-electron chi connectivity index (χ1n) is 5.85. The van der Waals surface area contributed by atoms with E-state index >= 15 is 0 Å². The molecular weight excluding hydrogens is 234 g/mol. The predicted molar refractivity (Wildman–Crippen MR) is 67.0 cm³/mol. The summed E-state index contributed by atoms with van der Waals surface area (Å²) in [6.07, 6.45) is 3.30. The van der Waals surface area contributed by atoms with E-state index in [0.29, 0.717) is 0 Å². The number of aromatic nitrogens is 2. The lowest BCUT2D eigenvalue weighted by Crippen LogP contribution is -2.16. The van der Waals surface area contributed by atoms with Crippen LogP contribution in [-0.2, 0) is 6.42 Å². The van der Waals surface area contributed by atoms with Crippen molar-refractivity contribution in [3.05, 3.63) is 22.0 Å². The highest BCUT2D eigenvalue weighted by Gasteiger charge is 2.24. The summed E-state index contributed by atoms with van der Waals surface area (Å²) in [7, 11) is 0. The minimum absolute atomic E-state index is 0.101. The van der Waals surface area contributed by atoms with E-state index in [1.807, 2.05) is 13.8 Å². The summed E-state index contributed by atoms with van der Waals surface area (Å²) in [5, 5.41) is 4.98. The minimum Gasteiger partial charge on any atom is -0.361 e. The van der Waals surface area contributed by atoms with Gasteiger partial charge in [-0.15, -0.1) is 11.3 Å². The molecule has 0 spiro atoms. The number of aryl methyl sites for hydroxylation is 3. The molecule has 1 aliphatic rings. The van der Waals surface area contributed by atoms with Crippen molar-refractivity contribution in [3.63, 3.8) is 0 Å². The molecule has 4 nitrogen and oxygen atoms in total. The number of nitrogens with two attached hydrogens (primary N) is 1. The van der Waals surface area contributed by atoms with Crippen LogP contribution in [0, 0.1) is 13.8 Å². The number of hydrogen-bond acceptors (Lipinski definition) is 5. The summed E-state index contributed by atoms with van der Waals surface area (Å²) in [6, 6.07) is 0.101. The van der Waals surface area contributed by atoms with E-state index in [-0.39, 0.29) is 6.04 Å². The van der Waals surface area contributed by atoms with Crippen molar-refractivity contribution in [2.75, 3.05) is 0 Å². The molecule has 0 aromatic carbocycles. The summed E-state index contributed by atoms with van der Waals surface area (Å²) < 4.78 is 5.19. The highest BCUT2D eigenvalue weighted by molar-refractivity contribution is 7.15. The first kappa shape index (κ1) is 10.9. The van der Waals surface area contributed by atoms with Crippen molar-refractivity contribution < 1.29 is 4.52 Å². The minimum atomic E-state index is 0.101. The van der Waals surface area contributed by atoms with Crippen LogP contribution in [0.15, 0.2) is 4.52 Å². The monoisotopic (exact) mass is 249 g/mol. The van der Waals surface area contributed by atoms with Crippen LogP contribution in [0.2, 0.25) is 0 Å². The van der Waals surface area contributed by atoms with Gasteiger partial charge in [-0.3, -0.25) is 0 Å². The highest BCUT2D eigenvalue weighted by atomic mass is 32.1. The lowest BCUT2D eigenvalue weighted by atomic mass is 9.99. The van der Waals surface area contributed by atoms with Gasteiger partial charge in [0.15, 0.2) is 0 Å². The van der Waals surface area contributed by atoms with E-state index in [0.717, 1.165) is 47.0 Å². The van der Waals surface area contributed by atoms with Crippen molar-refractivity contribution in [2.45, 2.75) is 39.2 Å². The first-order chi connectivity index (χ1) is 8.16. The number of rotatable bonds is 1. The third-order valence-electron chi connectivity index (χ3n) is 3.24. The molecule has 2 aromatic rings. The number of hydrogen-bond donors (Lipinski definition) is 1. The zero-order chi connectivity index (χ0) is 12.0. The Bertz CT molecular complexity index is 539.